The van der Waals surface area contributed by atoms with Crippen molar-refractivity contribution in [2.24, 2.45) is 0 Å². The van der Waals surface area contributed by atoms with Gasteiger partial charge < -0.3 is 9.29 Å². The maximum Gasteiger partial charge on any atom is 0.573 e. The summed E-state index contributed by atoms with van der Waals surface area (Å²) in [4.78, 5) is 0. The van der Waals surface area contributed by atoms with Crippen LogP contribution in [0.2, 0.25) is 0 Å². The van der Waals surface area contributed by atoms with E-state index in [1.165, 1.54) is 18.2 Å². The van der Waals surface area contributed by atoms with Crippen LogP contribution in [0.1, 0.15) is 5.56 Å². The maximum absolute atomic E-state index is 11.9. The molecule has 0 heterocycles. The van der Waals surface area contributed by atoms with Crippen molar-refractivity contribution in [2.45, 2.75) is 12.1 Å². The third-order valence-electron chi connectivity index (χ3n) is 1.47. The summed E-state index contributed by atoms with van der Waals surface area (Å²) < 4.78 is 60.0. The molecule has 0 radical (unpaired) electrons. The van der Waals surface area contributed by atoms with Crippen molar-refractivity contribution < 1.29 is 26.7 Å². The van der Waals surface area contributed by atoms with Gasteiger partial charge in [0.2, 0.25) is 0 Å². The Kier molecular flexibility index (Phi) is 3.70. The number of benzene rings is 1. The molecule has 7 heteroatoms. The van der Waals surface area contributed by atoms with Crippen LogP contribution in [0.5, 0.6) is 5.75 Å². The number of hydrogen-bond donors (Lipinski definition) is 0. The number of para-hydroxylation sites is 1. The van der Waals surface area contributed by atoms with Crippen molar-refractivity contribution in [1.82, 2.24) is 0 Å². The highest BCUT2D eigenvalue weighted by molar-refractivity contribution is 7.78. The minimum atomic E-state index is -4.82. The second-order valence-electron chi connectivity index (χ2n) is 2.60. The minimum Gasteiger partial charge on any atom is -0.772 e. The molecule has 84 valence electrons. The van der Waals surface area contributed by atoms with Crippen LogP contribution in [0.15, 0.2) is 24.3 Å². The smallest absolute Gasteiger partial charge is 0.573 e. The van der Waals surface area contributed by atoms with E-state index in [2.05, 4.69) is 4.74 Å². The average Bonchev–Trinajstić information content (AvgIpc) is 2.05. The van der Waals surface area contributed by atoms with E-state index in [0.29, 0.717) is 0 Å². The van der Waals surface area contributed by atoms with Crippen LogP contribution in [0.3, 0.4) is 0 Å². The van der Waals surface area contributed by atoms with Gasteiger partial charge in [0, 0.05) is 11.3 Å². The van der Waals surface area contributed by atoms with Gasteiger partial charge in [-0.25, -0.2) is 0 Å². The molecule has 0 aliphatic rings. The van der Waals surface area contributed by atoms with Crippen LogP contribution in [0.25, 0.3) is 0 Å². The van der Waals surface area contributed by atoms with Gasteiger partial charge in [-0.05, 0) is 6.07 Å². The molecule has 0 bridgehead atoms. The lowest BCUT2D eigenvalue weighted by molar-refractivity contribution is -0.274. The first-order valence-electron chi connectivity index (χ1n) is 3.78. The molecule has 1 aromatic carbocycles. The zero-order chi connectivity index (χ0) is 11.5. The molecular formula is C8H6F3O3S-. The summed E-state index contributed by atoms with van der Waals surface area (Å²) >= 11 is -2.45. The highest BCUT2D eigenvalue weighted by atomic mass is 32.2. The molecule has 0 spiro atoms. The molecule has 0 saturated heterocycles. The van der Waals surface area contributed by atoms with E-state index in [9.17, 15) is 21.9 Å². The van der Waals surface area contributed by atoms with Crippen LogP contribution in [-0.2, 0) is 16.8 Å². The van der Waals surface area contributed by atoms with E-state index in [4.69, 9.17) is 0 Å². The first-order chi connectivity index (χ1) is 6.88. The van der Waals surface area contributed by atoms with Crippen molar-refractivity contribution in [3.63, 3.8) is 0 Å². The van der Waals surface area contributed by atoms with Gasteiger partial charge in [0.15, 0.2) is 0 Å². The van der Waals surface area contributed by atoms with Gasteiger partial charge in [0.25, 0.3) is 0 Å². The molecule has 1 aromatic rings. The lowest BCUT2D eigenvalue weighted by Crippen LogP contribution is -2.18. The van der Waals surface area contributed by atoms with Gasteiger partial charge in [0.1, 0.15) is 5.75 Å². The lowest BCUT2D eigenvalue weighted by atomic mass is 10.2. The predicted octanol–water partition coefficient (Wildman–Crippen LogP) is 1.96. The zero-order valence-electron chi connectivity index (χ0n) is 7.28. The number of rotatable bonds is 3. The van der Waals surface area contributed by atoms with E-state index in [0.717, 1.165) is 6.07 Å². The molecule has 0 N–H and O–H groups in total. The Labute approximate surface area is 86.1 Å². The Morgan fingerprint density at radius 2 is 1.93 bits per heavy atom. The molecule has 1 unspecified atom stereocenters. The Bertz CT molecular complexity index is 364. The Hall–Kier alpha value is -1.08. The van der Waals surface area contributed by atoms with Crippen LogP contribution >= 0.6 is 0 Å². The summed E-state index contributed by atoms with van der Waals surface area (Å²) in [6, 6.07) is 5.09. The largest absolute Gasteiger partial charge is 0.772 e. The predicted molar refractivity (Wildman–Crippen MR) is 45.7 cm³/mol. The highest BCUT2D eigenvalue weighted by Crippen LogP contribution is 2.26. The summed E-state index contributed by atoms with van der Waals surface area (Å²) in [6.07, 6.45) is -4.82. The molecule has 0 saturated carbocycles. The van der Waals surface area contributed by atoms with Gasteiger partial charge in [0.05, 0.1) is 0 Å². The van der Waals surface area contributed by atoms with E-state index in [1.54, 1.807) is 0 Å². The number of hydrogen-bond acceptors (Lipinski definition) is 3. The fourth-order valence-corrected chi connectivity index (χ4v) is 1.47. The summed E-state index contributed by atoms with van der Waals surface area (Å²) in [5.41, 5.74) is -0.0249. The second-order valence-corrected chi connectivity index (χ2v) is 3.50. The van der Waals surface area contributed by atoms with E-state index in [-0.39, 0.29) is 5.56 Å². The standard InChI is InChI=1S/C8H7F3O3S/c9-8(10,11)14-7-4-2-1-3-6(7)5-15(12)13/h1-4H,5H2,(H,12,13)/p-1. The van der Waals surface area contributed by atoms with Crippen molar-refractivity contribution in [1.29, 1.82) is 0 Å². The first kappa shape index (κ1) is 12.0. The topological polar surface area (TPSA) is 49.4 Å². The van der Waals surface area contributed by atoms with Gasteiger partial charge >= 0.3 is 6.36 Å². The fourth-order valence-electron chi connectivity index (χ4n) is 0.974. The van der Waals surface area contributed by atoms with E-state index < -0.39 is 28.9 Å². The molecule has 0 amide bonds. The van der Waals surface area contributed by atoms with Gasteiger partial charge in [-0.3, -0.25) is 4.21 Å². The molecule has 1 rings (SSSR count). The SMILES string of the molecule is O=S([O-])Cc1ccccc1OC(F)(F)F. The number of ether oxygens (including phenoxy) is 1. The molecular weight excluding hydrogens is 233 g/mol. The van der Waals surface area contributed by atoms with Crippen LogP contribution < -0.4 is 4.74 Å². The summed E-state index contributed by atoms with van der Waals surface area (Å²) in [6.45, 7) is 0. The average molecular weight is 239 g/mol. The van der Waals surface area contributed by atoms with E-state index >= 15 is 0 Å². The lowest BCUT2D eigenvalue weighted by Gasteiger charge is -2.13. The van der Waals surface area contributed by atoms with Crippen molar-refractivity contribution in [2.75, 3.05) is 0 Å². The molecule has 0 aromatic heterocycles. The molecule has 0 aliphatic heterocycles. The first-order valence-corrected chi connectivity index (χ1v) is 5.02. The van der Waals surface area contributed by atoms with E-state index in [1.807, 2.05) is 0 Å². The molecule has 0 fully saturated rings. The van der Waals surface area contributed by atoms with Crippen LogP contribution in [-0.4, -0.2) is 15.1 Å². The monoisotopic (exact) mass is 239 g/mol. The third kappa shape index (κ3) is 4.30. The zero-order valence-corrected chi connectivity index (χ0v) is 8.10. The van der Waals surface area contributed by atoms with Crippen molar-refractivity contribution >= 4 is 11.1 Å². The number of alkyl halides is 3. The summed E-state index contributed by atoms with van der Waals surface area (Å²) in [5, 5.41) is 0. The minimum absolute atomic E-state index is 0.0249. The third-order valence-corrected chi connectivity index (χ3v) is 2.02. The Balaban J connectivity index is 2.91. The maximum atomic E-state index is 11.9. The molecule has 3 nitrogen and oxygen atoms in total. The number of halogens is 3. The Morgan fingerprint density at radius 1 is 1.33 bits per heavy atom. The normalized spacial score (nSPS) is 13.6. The Morgan fingerprint density at radius 3 is 2.47 bits per heavy atom. The van der Waals surface area contributed by atoms with Gasteiger partial charge in [-0.15, -0.1) is 13.2 Å². The highest BCUT2D eigenvalue weighted by Gasteiger charge is 2.31. The quantitative estimate of drug-likeness (QED) is 0.757. The van der Waals surface area contributed by atoms with Gasteiger partial charge in [-0.2, -0.15) is 0 Å². The second kappa shape index (κ2) is 4.63. The van der Waals surface area contributed by atoms with Crippen molar-refractivity contribution in [3.8, 4) is 5.75 Å². The van der Waals surface area contributed by atoms with Crippen molar-refractivity contribution in [3.05, 3.63) is 29.8 Å². The molecule has 0 aliphatic carbocycles. The molecule has 1 atom stereocenters. The summed E-state index contributed by atoms with van der Waals surface area (Å²) in [7, 11) is 0. The van der Waals surface area contributed by atoms with Crippen LogP contribution in [0, 0.1) is 0 Å². The van der Waals surface area contributed by atoms with Gasteiger partial charge in [-0.1, -0.05) is 29.3 Å². The summed E-state index contributed by atoms with van der Waals surface area (Å²) in [5.74, 6) is -0.999. The fraction of sp³-hybridized carbons (Fsp3) is 0.250. The molecule has 15 heavy (non-hydrogen) atoms. The van der Waals surface area contributed by atoms with Crippen LogP contribution in [0.4, 0.5) is 13.2 Å².